The summed E-state index contributed by atoms with van der Waals surface area (Å²) in [6, 6.07) is 10.8. The molecule has 3 nitrogen and oxygen atoms in total. The molecule has 2 rings (SSSR count). The average molecular weight is 327 g/mol. The normalized spacial score (nSPS) is 10.8. The summed E-state index contributed by atoms with van der Waals surface area (Å²) in [4.78, 5) is 23.8. The van der Waals surface area contributed by atoms with Crippen LogP contribution >= 0.6 is 0 Å². The van der Waals surface area contributed by atoms with Crippen molar-refractivity contribution < 1.29 is 14.0 Å². The van der Waals surface area contributed by atoms with Gasteiger partial charge in [-0.2, -0.15) is 0 Å². The first-order valence-electron chi connectivity index (χ1n) is 8.08. The van der Waals surface area contributed by atoms with Crippen LogP contribution in [0.4, 0.5) is 10.1 Å². The van der Waals surface area contributed by atoms with Crippen molar-refractivity contribution in [1.29, 1.82) is 0 Å². The molecule has 0 aliphatic rings. The Hall–Kier alpha value is -2.49. The lowest BCUT2D eigenvalue weighted by Gasteiger charge is -2.15. The molecule has 2 aromatic rings. The highest BCUT2D eigenvalue weighted by molar-refractivity contribution is 6.06. The van der Waals surface area contributed by atoms with E-state index >= 15 is 0 Å². The highest BCUT2D eigenvalue weighted by atomic mass is 19.1. The molecule has 0 aliphatic carbocycles. The molecule has 0 spiro atoms. The maximum Gasteiger partial charge on any atom is 0.221 e. The summed E-state index contributed by atoms with van der Waals surface area (Å²) in [7, 11) is 0. The third-order valence-corrected chi connectivity index (χ3v) is 3.84. The Morgan fingerprint density at radius 1 is 1.12 bits per heavy atom. The molecule has 1 amide bonds. The van der Waals surface area contributed by atoms with Crippen LogP contribution in [0.5, 0.6) is 0 Å². The molecule has 0 aromatic heterocycles. The van der Waals surface area contributed by atoms with E-state index in [-0.39, 0.29) is 28.9 Å². The number of hydrogen-bond donors (Lipinski definition) is 1. The Morgan fingerprint density at radius 2 is 1.83 bits per heavy atom. The largest absolute Gasteiger partial charge is 0.326 e. The maximum absolute atomic E-state index is 14.7. The van der Waals surface area contributed by atoms with Crippen LogP contribution in [-0.4, -0.2) is 11.7 Å². The predicted octanol–water partition coefficient (Wildman–Crippen LogP) is 4.85. The van der Waals surface area contributed by atoms with Gasteiger partial charge in [0.1, 0.15) is 5.82 Å². The van der Waals surface area contributed by atoms with E-state index in [0.717, 1.165) is 17.5 Å². The summed E-state index contributed by atoms with van der Waals surface area (Å²) < 4.78 is 14.7. The van der Waals surface area contributed by atoms with Crippen molar-refractivity contribution >= 4 is 17.4 Å². The van der Waals surface area contributed by atoms with E-state index in [4.69, 9.17) is 0 Å². The van der Waals surface area contributed by atoms with Gasteiger partial charge in [-0.25, -0.2) is 4.39 Å². The summed E-state index contributed by atoms with van der Waals surface area (Å²) in [6.45, 7) is 6.80. The Labute approximate surface area is 141 Å². The molecule has 0 fully saturated rings. The predicted molar refractivity (Wildman–Crippen MR) is 94.7 cm³/mol. The summed E-state index contributed by atoms with van der Waals surface area (Å²) in [5, 5.41) is 2.59. The van der Waals surface area contributed by atoms with Crippen LogP contribution in [0.3, 0.4) is 0 Å². The quantitative estimate of drug-likeness (QED) is 0.798. The molecule has 0 saturated heterocycles. The van der Waals surface area contributed by atoms with E-state index in [1.807, 2.05) is 31.2 Å². The van der Waals surface area contributed by atoms with Gasteiger partial charge in [-0.05, 0) is 35.2 Å². The first-order chi connectivity index (χ1) is 11.3. The van der Waals surface area contributed by atoms with Crippen LogP contribution in [0, 0.1) is 11.7 Å². The molecule has 0 bridgehead atoms. The standard InChI is InChI=1S/C20H22FNO2/c1-5-14-7-6-8-15(9-14)16-10-17(21)19(20(24)12(2)3)18(11-16)22-13(4)23/h6-12H,5H2,1-4H3,(H,22,23). The number of aryl methyl sites for hydroxylation is 1. The second-order valence-corrected chi connectivity index (χ2v) is 6.13. The minimum atomic E-state index is -0.614. The van der Waals surface area contributed by atoms with E-state index in [0.29, 0.717) is 5.56 Å². The second kappa shape index (κ2) is 7.39. The fourth-order valence-corrected chi connectivity index (χ4v) is 2.57. The topological polar surface area (TPSA) is 46.2 Å². The number of Topliss-reactive ketones (excluding diaryl/α,β-unsaturated/α-hetero) is 1. The van der Waals surface area contributed by atoms with E-state index in [1.165, 1.54) is 13.0 Å². The SMILES string of the molecule is CCc1cccc(-c2cc(F)c(C(=O)C(C)C)c(NC(C)=O)c2)c1. The molecular formula is C20H22FNO2. The van der Waals surface area contributed by atoms with Gasteiger partial charge in [-0.15, -0.1) is 0 Å². The smallest absolute Gasteiger partial charge is 0.221 e. The van der Waals surface area contributed by atoms with Gasteiger partial charge in [-0.1, -0.05) is 45.0 Å². The van der Waals surface area contributed by atoms with Crippen molar-refractivity contribution in [2.45, 2.75) is 34.1 Å². The Bertz CT molecular complexity index is 781. The van der Waals surface area contributed by atoms with Gasteiger partial charge in [0.2, 0.25) is 5.91 Å². The molecule has 0 atom stereocenters. The van der Waals surface area contributed by atoms with Crippen LogP contribution in [0.2, 0.25) is 0 Å². The number of halogens is 1. The molecule has 0 unspecified atom stereocenters. The van der Waals surface area contributed by atoms with Crippen molar-refractivity contribution in [1.82, 2.24) is 0 Å². The summed E-state index contributed by atoms with van der Waals surface area (Å²) in [6.07, 6.45) is 0.874. The van der Waals surface area contributed by atoms with E-state index in [2.05, 4.69) is 5.32 Å². The maximum atomic E-state index is 14.7. The van der Waals surface area contributed by atoms with Crippen LogP contribution in [-0.2, 0) is 11.2 Å². The lowest BCUT2D eigenvalue weighted by molar-refractivity contribution is -0.114. The number of carbonyl (C=O) groups excluding carboxylic acids is 2. The van der Waals surface area contributed by atoms with Gasteiger partial charge in [0.15, 0.2) is 5.78 Å². The lowest BCUT2D eigenvalue weighted by Crippen LogP contribution is -2.16. The molecule has 0 saturated carbocycles. The Morgan fingerprint density at radius 3 is 2.42 bits per heavy atom. The number of rotatable bonds is 5. The van der Waals surface area contributed by atoms with Gasteiger partial charge in [0.25, 0.3) is 0 Å². The summed E-state index contributed by atoms with van der Waals surface area (Å²) in [5.41, 5.74) is 2.78. The fourth-order valence-electron chi connectivity index (χ4n) is 2.57. The van der Waals surface area contributed by atoms with Crippen LogP contribution < -0.4 is 5.32 Å². The molecular weight excluding hydrogens is 305 g/mol. The zero-order valence-corrected chi connectivity index (χ0v) is 14.4. The summed E-state index contributed by atoms with van der Waals surface area (Å²) >= 11 is 0. The Balaban J connectivity index is 2.61. The summed E-state index contributed by atoms with van der Waals surface area (Å²) in [5.74, 6) is -1.64. The molecule has 0 aliphatic heterocycles. The monoisotopic (exact) mass is 327 g/mol. The number of benzene rings is 2. The number of anilines is 1. The minimum absolute atomic E-state index is 0.0596. The average Bonchev–Trinajstić information content (AvgIpc) is 2.53. The van der Waals surface area contributed by atoms with Crippen molar-refractivity contribution in [3.63, 3.8) is 0 Å². The molecule has 0 radical (unpaired) electrons. The van der Waals surface area contributed by atoms with Crippen molar-refractivity contribution in [3.05, 3.63) is 53.3 Å². The van der Waals surface area contributed by atoms with Gasteiger partial charge in [-0.3, -0.25) is 9.59 Å². The van der Waals surface area contributed by atoms with Crippen LogP contribution in [0.25, 0.3) is 11.1 Å². The van der Waals surface area contributed by atoms with E-state index in [9.17, 15) is 14.0 Å². The zero-order valence-electron chi connectivity index (χ0n) is 14.4. The van der Waals surface area contributed by atoms with Crippen molar-refractivity contribution in [3.8, 4) is 11.1 Å². The van der Waals surface area contributed by atoms with Crippen molar-refractivity contribution in [2.24, 2.45) is 5.92 Å². The van der Waals surface area contributed by atoms with Crippen molar-refractivity contribution in [2.75, 3.05) is 5.32 Å². The van der Waals surface area contributed by atoms with E-state index in [1.54, 1.807) is 19.9 Å². The van der Waals surface area contributed by atoms with Gasteiger partial charge < -0.3 is 5.32 Å². The molecule has 2 aromatic carbocycles. The highest BCUT2D eigenvalue weighted by Crippen LogP contribution is 2.30. The van der Waals surface area contributed by atoms with Gasteiger partial charge >= 0.3 is 0 Å². The molecule has 24 heavy (non-hydrogen) atoms. The lowest BCUT2D eigenvalue weighted by atomic mass is 9.94. The molecule has 4 heteroatoms. The fraction of sp³-hybridized carbons (Fsp3) is 0.300. The van der Waals surface area contributed by atoms with Gasteiger partial charge in [0, 0.05) is 12.8 Å². The third kappa shape index (κ3) is 3.88. The highest BCUT2D eigenvalue weighted by Gasteiger charge is 2.21. The minimum Gasteiger partial charge on any atom is -0.326 e. The number of amides is 1. The second-order valence-electron chi connectivity index (χ2n) is 6.13. The number of carbonyl (C=O) groups is 2. The van der Waals surface area contributed by atoms with Crippen LogP contribution in [0.15, 0.2) is 36.4 Å². The number of ketones is 1. The molecule has 0 heterocycles. The Kier molecular flexibility index (Phi) is 5.50. The first kappa shape index (κ1) is 17.9. The third-order valence-electron chi connectivity index (χ3n) is 3.84. The number of nitrogens with one attached hydrogen (secondary N) is 1. The molecule has 1 N–H and O–H groups in total. The first-order valence-corrected chi connectivity index (χ1v) is 8.08. The zero-order chi connectivity index (χ0) is 17.9. The van der Waals surface area contributed by atoms with Crippen LogP contribution in [0.1, 0.15) is 43.6 Å². The molecule has 126 valence electrons. The van der Waals surface area contributed by atoms with Gasteiger partial charge in [0.05, 0.1) is 11.3 Å². The van der Waals surface area contributed by atoms with E-state index < -0.39 is 5.82 Å². The number of hydrogen-bond acceptors (Lipinski definition) is 2.